The first-order valence-electron chi connectivity index (χ1n) is 7.63. The van der Waals surface area contributed by atoms with E-state index in [0.29, 0.717) is 17.9 Å². The van der Waals surface area contributed by atoms with Crippen molar-refractivity contribution in [2.75, 3.05) is 13.1 Å². The highest BCUT2D eigenvalue weighted by atomic mass is 15.1. The molecule has 1 unspecified atom stereocenters. The van der Waals surface area contributed by atoms with E-state index in [1.807, 2.05) is 0 Å². The van der Waals surface area contributed by atoms with E-state index in [1.54, 1.807) is 0 Å². The van der Waals surface area contributed by atoms with Crippen LogP contribution in [0.1, 0.15) is 52.9 Å². The lowest BCUT2D eigenvalue weighted by Gasteiger charge is -2.38. The normalized spacial score (nSPS) is 24.5. The van der Waals surface area contributed by atoms with Crippen LogP contribution < -0.4 is 5.32 Å². The summed E-state index contributed by atoms with van der Waals surface area (Å²) in [4.78, 5) is 2.73. The number of hydrogen-bond acceptors (Lipinski definition) is 3. The maximum absolute atomic E-state index is 9.31. The van der Waals surface area contributed by atoms with Crippen molar-refractivity contribution in [3.63, 3.8) is 0 Å². The third-order valence-electron chi connectivity index (χ3n) is 4.47. The molecular formula is C15H27N5. The first-order valence-corrected chi connectivity index (χ1v) is 7.63. The molecule has 0 aliphatic heterocycles. The second-order valence-electron chi connectivity index (χ2n) is 6.85. The molecular weight excluding hydrogens is 250 g/mol. The highest BCUT2D eigenvalue weighted by Gasteiger charge is 2.32. The molecule has 0 saturated heterocycles. The van der Waals surface area contributed by atoms with Crippen molar-refractivity contribution in [2.24, 2.45) is 22.4 Å². The van der Waals surface area contributed by atoms with E-state index < -0.39 is 0 Å². The van der Waals surface area contributed by atoms with E-state index in [-0.39, 0.29) is 6.04 Å². The molecule has 1 N–H and O–H groups in total. The zero-order valence-electron chi connectivity index (χ0n) is 13.0. The fraction of sp³-hybridized carbons (Fsp3) is 0.933. The van der Waals surface area contributed by atoms with Crippen LogP contribution in [0.2, 0.25) is 0 Å². The van der Waals surface area contributed by atoms with Crippen molar-refractivity contribution >= 4 is 0 Å². The fourth-order valence-electron chi connectivity index (χ4n) is 3.09. The maximum Gasteiger partial charge on any atom is 0.0981 e. The predicted molar refractivity (Wildman–Crippen MR) is 80.9 cm³/mol. The van der Waals surface area contributed by atoms with Gasteiger partial charge in [0.25, 0.3) is 0 Å². The first kappa shape index (κ1) is 16.8. The Kier molecular flexibility index (Phi) is 6.84. The average Bonchev–Trinajstić information content (AvgIpc) is 2.42. The van der Waals surface area contributed by atoms with Gasteiger partial charge < -0.3 is 5.32 Å². The van der Waals surface area contributed by atoms with Crippen molar-refractivity contribution in [1.29, 1.82) is 5.26 Å². The molecule has 5 nitrogen and oxygen atoms in total. The number of rotatable bonds is 6. The monoisotopic (exact) mass is 277 g/mol. The highest BCUT2D eigenvalue weighted by molar-refractivity contribution is 4.97. The quantitative estimate of drug-likeness (QED) is 0.344. The van der Waals surface area contributed by atoms with Gasteiger partial charge in [-0.3, -0.25) is 0 Å². The Morgan fingerprint density at radius 3 is 2.50 bits per heavy atom. The Bertz CT molecular complexity index is 365. The molecule has 0 aromatic carbocycles. The molecule has 1 aliphatic rings. The van der Waals surface area contributed by atoms with Crippen LogP contribution in [-0.4, -0.2) is 19.1 Å². The number of nitrogens with one attached hydrogen (secondary N) is 1. The Balaban J connectivity index is 2.34. The van der Waals surface area contributed by atoms with Crippen molar-refractivity contribution < 1.29 is 0 Å². The predicted octanol–water partition coefficient (Wildman–Crippen LogP) is 4.02. The van der Waals surface area contributed by atoms with Crippen LogP contribution in [0.3, 0.4) is 0 Å². The lowest BCUT2D eigenvalue weighted by Crippen LogP contribution is -2.39. The van der Waals surface area contributed by atoms with Crippen LogP contribution in [0.4, 0.5) is 0 Å². The Hall–Kier alpha value is -1.24. The number of nitriles is 1. The summed E-state index contributed by atoms with van der Waals surface area (Å²) in [6, 6.07) is 2.35. The molecule has 0 aromatic heterocycles. The summed E-state index contributed by atoms with van der Waals surface area (Å²) in [5.74, 6) is 1.25. The molecule has 0 amide bonds. The van der Waals surface area contributed by atoms with Gasteiger partial charge in [0.2, 0.25) is 0 Å². The van der Waals surface area contributed by atoms with Gasteiger partial charge >= 0.3 is 0 Å². The summed E-state index contributed by atoms with van der Waals surface area (Å²) in [7, 11) is 0. The molecule has 5 heteroatoms. The van der Waals surface area contributed by atoms with Gasteiger partial charge in [-0.1, -0.05) is 25.9 Å². The van der Waals surface area contributed by atoms with Crippen molar-refractivity contribution in [3.8, 4) is 6.07 Å². The summed E-state index contributed by atoms with van der Waals surface area (Å²) < 4.78 is 0. The molecule has 1 saturated carbocycles. The molecule has 0 radical (unpaired) electrons. The van der Waals surface area contributed by atoms with Crippen molar-refractivity contribution in [2.45, 2.75) is 58.9 Å². The Morgan fingerprint density at radius 2 is 2.00 bits per heavy atom. The zero-order valence-corrected chi connectivity index (χ0v) is 13.0. The first-order chi connectivity index (χ1) is 9.49. The molecule has 0 spiro atoms. The number of azide groups is 1. The summed E-state index contributed by atoms with van der Waals surface area (Å²) in [6.45, 7) is 8.18. The van der Waals surface area contributed by atoms with Crippen LogP contribution in [0, 0.1) is 28.6 Å². The summed E-state index contributed by atoms with van der Waals surface area (Å²) >= 11 is 0. The van der Waals surface area contributed by atoms with Gasteiger partial charge in [0.1, 0.15) is 0 Å². The van der Waals surface area contributed by atoms with Gasteiger partial charge in [-0.2, -0.15) is 5.26 Å². The minimum atomic E-state index is -0.0537. The fourth-order valence-corrected chi connectivity index (χ4v) is 3.09. The molecule has 1 aliphatic carbocycles. The zero-order chi connectivity index (χ0) is 15.0. The standard InChI is InChI=1S/C15H27N5/c1-15(2,3)13-7-5-12(6-8-13)14(11-16)18-9-4-10-19-20-17/h12-14,18H,4-10H2,1-3H3. The van der Waals surface area contributed by atoms with Crippen LogP contribution in [0.15, 0.2) is 5.11 Å². The van der Waals surface area contributed by atoms with Crippen LogP contribution in [0.5, 0.6) is 0 Å². The second-order valence-corrected chi connectivity index (χ2v) is 6.85. The van der Waals surface area contributed by atoms with Crippen LogP contribution in [-0.2, 0) is 0 Å². The summed E-state index contributed by atoms with van der Waals surface area (Å²) in [6.07, 6.45) is 5.53. The van der Waals surface area contributed by atoms with Gasteiger partial charge in [0.05, 0.1) is 12.1 Å². The smallest absolute Gasteiger partial charge is 0.0981 e. The lowest BCUT2D eigenvalue weighted by molar-refractivity contribution is 0.141. The molecule has 1 atom stereocenters. The molecule has 1 rings (SSSR count). The molecule has 0 heterocycles. The Labute approximate surface area is 122 Å². The minimum absolute atomic E-state index is 0.0537. The van der Waals surface area contributed by atoms with Gasteiger partial charge in [-0.25, -0.2) is 0 Å². The molecule has 20 heavy (non-hydrogen) atoms. The third-order valence-corrected chi connectivity index (χ3v) is 4.47. The van der Waals surface area contributed by atoms with Gasteiger partial charge in [-0.05, 0) is 61.4 Å². The lowest BCUT2D eigenvalue weighted by atomic mass is 9.68. The summed E-state index contributed by atoms with van der Waals surface area (Å²) in [5.41, 5.74) is 8.59. The second kappa shape index (κ2) is 8.14. The topological polar surface area (TPSA) is 84.6 Å². The minimum Gasteiger partial charge on any atom is -0.302 e. The molecule has 0 bridgehead atoms. The molecule has 0 aromatic rings. The molecule has 1 fully saturated rings. The summed E-state index contributed by atoms with van der Waals surface area (Å²) in [5, 5.41) is 16.1. The highest BCUT2D eigenvalue weighted by Crippen LogP contribution is 2.40. The number of hydrogen-bond donors (Lipinski definition) is 1. The van der Waals surface area contributed by atoms with E-state index in [2.05, 4.69) is 42.2 Å². The van der Waals surface area contributed by atoms with E-state index in [1.165, 1.54) is 12.8 Å². The maximum atomic E-state index is 9.31. The van der Waals surface area contributed by atoms with E-state index >= 15 is 0 Å². The SMILES string of the molecule is CC(C)(C)C1CCC(C(C#N)NCCCN=[N+]=[N-])CC1. The van der Waals surface area contributed by atoms with Gasteiger partial charge in [-0.15, -0.1) is 0 Å². The van der Waals surface area contributed by atoms with Gasteiger partial charge in [0, 0.05) is 11.5 Å². The Morgan fingerprint density at radius 1 is 1.35 bits per heavy atom. The largest absolute Gasteiger partial charge is 0.302 e. The van der Waals surface area contributed by atoms with E-state index in [0.717, 1.165) is 31.7 Å². The van der Waals surface area contributed by atoms with Crippen LogP contribution >= 0.6 is 0 Å². The number of nitrogens with zero attached hydrogens (tertiary/aromatic N) is 4. The van der Waals surface area contributed by atoms with E-state index in [9.17, 15) is 5.26 Å². The van der Waals surface area contributed by atoms with Gasteiger partial charge in [0.15, 0.2) is 0 Å². The third kappa shape index (κ3) is 5.40. The van der Waals surface area contributed by atoms with Crippen molar-refractivity contribution in [1.82, 2.24) is 5.32 Å². The average molecular weight is 277 g/mol. The van der Waals surface area contributed by atoms with E-state index in [4.69, 9.17) is 5.53 Å². The molecule has 112 valence electrons. The van der Waals surface area contributed by atoms with Crippen LogP contribution in [0.25, 0.3) is 10.4 Å². The van der Waals surface area contributed by atoms with Crippen molar-refractivity contribution in [3.05, 3.63) is 10.4 Å².